The quantitative estimate of drug-likeness (QED) is 0.619. The molecule has 2 N–H and O–H groups in total. The standard InChI is InChI=1S/C4H11N.C2H5F.C2H6/c1-3-4-5-2;1-2-3;1-2/h5H,3-4H2,1-2H3;2H2,1H3;1-2H3/p+1. The largest absolute Gasteiger partial charge is 0.349 e. The molecule has 0 atom stereocenters. The SMILES string of the molecule is CC.CCC[NH2+]C.CCF. The minimum Gasteiger partial charge on any atom is -0.349 e. The zero-order chi connectivity index (χ0) is 8.83. The summed E-state index contributed by atoms with van der Waals surface area (Å²) >= 11 is 0. The smallest absolute Gasteiger partial charge is 0.0866 e. The Labute approximate surface area is 65.0 Å². The van der Waals surface area contributed by atoms with Crippen LogP contribution in [0.2, 0.25) is 0 Å². The third-order valence-electron chi connectivity index (χ3n) is 0.577. The van der Waals surface area contributed by atoms with E-state index in [9.17, 15) is 4.39 Å². The third kappa shape index (κ3) is 105. The van der Waals surface area contributed by atoms with Gasteiger partial charge in [0.15, 0.2) is 0 Å². The molecule has 0 aliphatic carbocycles. The van der Waals surface area contributed by atoms with Gasteiger partial charge in [-0.15, -0.1) is 0 Å². The van der Waals surface area contributed by atoms with Crippen molar-refractivity contribution in [3.63, 3.8) is 0 Å². The van der Waals surface area contributed by atoms with E-state index in [1.807, 2.05) is 13.8 Å². The fourth-order valence-corrected chi connectivity index (χ4v) is 0.289. The van der Waals surface area contributed by atoms with Gasteiger partial charge in [-0.1, -0.05) is 20.8 Å². The van der Waals surface area contributed by atoms with Crippen molar-refractivity contribution in [2.45, 2.75) is 34.1 Å². The van der Waals surface area contributed by atoms with E-state index in [0.29, 0.717) is 0 Å². The van der Waals surface area contributed by atoms with Crippen LogP contribution in [0.3, 0.4) is 0 Å². The molecule has 0 spiro atoms. The van der Waals surface area contributed by atoms with Crippen molar-refractivity contribution in [3.8, 4) is 0 Å². The van der Waals surface area contributed by atoms with Gasteiger partial charge < -0.3 is 5.32 Å². The molecule has 2 heteroatoms. The third-order valence-corrected chi connectivity index (χ3v) is 0.577. The minimum absolute atomic E-state index is 0.250. The van der Waals surface area contributed by atoms with Crippen LogP contribution in [0.5, 0.6) is 0 Å². The van der Waals surface area contributed by atoms with Crippen LogP contribution in [0.25, 0.3) is 0 Å². The van der Waals surface area contributed by atoms with Crippen LogP contribution in [0.15, 0.2) is 0 Å². The molecular formula is C8H23FN+. The summed E-state index contributed by atoms with van der Waals surface area (Å²) in [6.45, 7) is 8.65. The van der Waals surface area contributed by atoms with E-state index in [0.717, 1.165) is 0 Å². The highest BCUT2D eigenvalue weighted by Crippen LogP contribution is 1.56. The highest BCUT2D eigenvalue weighted by molar-refractivity contribution is 4.09. The van der Waals surface area contributed by atoms with E-state index in [-0.39, 0.29) is 6.67 Å². The molecule has 0 amide bonds. The molecule has 1 nitrogen and oxygen atoms in total. The van der Waals surface area contributed by atoms with E-state index in [1.54, 1.807) is 0 Å². The van der Waals surface area contributed by atoms with E-state index in [2.05, 4.69) is 19.3 Å². The van der Waals surface area contributed by atoms with Crippen molar-refractivity contribution < 1.29 is 9.71 Å². The van der Waals surface area contributed by atoms with Crippen molar-refractivity contribution in [2.75, 3.05) is 20.3 Å². The average molecular weight is 152 g/mol. The normalized spacial score (nSPS) is 6.60. The molecule has 10 heavy (non-hydrogen) atoms. The van der Waals surface area contributed by atoms with Crippen molar-refractivity contribution in [1.82, 2.24) is 0 Å². The van der Waals surface area contributed by atoms with Gasteiger partial charge in [0.1, 0.15) is 0 Å². The first-order chi connectivity index (χ1) is 4.83. The Morgan fingerprint density at radius 2 is 1.50 bits per heavy atom. The monoisotopic (exact) mass is 152 g/mol. The number of hydrogen-bond donors (Lipinski definition) is 1. The summed E-state index contributed by atoms with van der Waals surface area (Å²) in [5.74, 6) is 0. The first kappa shape index (κ1) is 16.5. The number of rotatable bonds is 2. The van der Waals surface area contributed by atoms with Crippen LogP contribution in [0, 0.1) is 0 Å². The molecule has 0 unspecified atom stereocenters. The summed E-state index contributed by atoms with van der Waals surface area (Å²) in [7, 11) is 2.09. The first-order valence-corrected chi connectivity index (χ1v) is 4.17. The molecule has 0 radical (unpaired) electrons. The number of halogens is 1. The predicted molar refractivity (Wildman–Crippen MR) is 46.0 cm³/mol. The molecule has 0 rings (SSSR count). The second-order valence-electron chi connectivity index (χ2n) is 1.46. The fourth-order valence-electron chi connectivity index (χ4n) is 0.289. The van der Waals surface area contributed by atoms with Crippen LogP contribution in [-0.2, 0) is 0 Å². The van der Waals surface area contributed by atoms with Crippen LogP contribution >= 0.6 is 0 Å². The van der Waals surface area contributed by atoms with Crippen LogP contribution in [0.4, 0.5) is 4.39 Å². The number of alkyl halides is 1. The summed E-state index contributed by atoms with van der Waals surface area (Å²) in [6.07, 6.45) is 1.29. The Morgan fingerprint density at radius 3 is 1.50 bits per heavy atom. The van der Waals surface area contributed by atoms with Gasteiger partial charge in [-0.3, -0.25) is 4.39 Å². The average Bonchev–Trinajstić information content (AvgIpc) is 1.96. The van der Waals surface area contributed by atoms with Crippen LogP contribution in [-0.4, -0.2) is 20.3 Å². The lowest BCUT2D eigenvalue weighted by atomic mass is 10.5. The summed E-state index contributed by atoms with van der Waals surface area (Å²) in [5, 5.41) is 2.18. The highest BCUT2D eigenvalue weighted by atomic mass is 19.1. The highest BCUT2D eigenvalue weighted by Gasteiger charge is 1.68. The maximum absolute atomic E-state index is 10.3. The molecule has 0 aromatic rings. The van der Waals surface area contributed by atoms with Gasteiger partial charge in [0, 0.05) is 0 Å². The van der Waals surface area contributed by atoms with Crippen LogP contribution < -0.4 is 5.32 Å². The maximum atomic E-state index is 10.3. The van der Waals surface area contributed by atoms with Crippen molar-refractivity contribution in [2.24, 2.45) is 0 Å². The van der Waals surface area contributed by atoms with Gasteiger partial charge in [-0.2, -0.15) is 0 Å². The van der Waals surface area contributed by atoms with E-state index in [4.69, 9.17) is 0 Å². The molecule has 0 aliphatic heterocycles. The molecule has 0 fully saturated rings. The Balaban J connectivity index is -0.0000000847. The topological polar surface area (TPSA) is 16.6 Å². The molecule has 0 aromatic carbocycles. The number of nitrogens with two attached hydrogens (primary N) is 1. The second-order valence-corrected chi connectivity index (χ2v) is 1.46. The predicted octanol–water partition coefficient (Wildman–Crippen LogP) is 1.59. The van der Waals surface area contributed by atoms with Crippen LogP contribution in [0.1, 0.15) is 34.1 Å². The Hall–Kier alpha value is -0.110. The van der Waals surface area contributed by atoms with Crippen molar-refractivity contribution in [1.29, 1.82) is 0 Å². The van der Waals surface area contributed by atoms with Gasteiger partial charge in [-0.05, 0) is 13.3 Å². The van der Waals surface area contributed by atoms with E-state index < -0.39 is 0 Å². The lowest BCUT2D eigenvalue weighted by Gasteiger charge is -1.81. The minimum atomic E-state index is -0.250. The summed E-state index contributed by atoms with van der Waals surface area (Å²) < 4.78 is 10.3. The Bertz CT molecular complexity index is 23.2. The molecule has 0 heterocycles. The molecule has 0 aliphatic rings. The first-order valence-electron chi connectivity index (χ1n) is 4.17. The Morgan fingerprint density at radius 1 is 1.20 bits per heavy atom. The molecule has 0 saturated heterocycles. The molecule has 66 valence electrons. The summed E-state index contributed by atoms with van der Waals surface area (Å²) in [5.41, 5.74) is 0. The fraction of sp³-hybridized carbons (Fsp3) is 1.00. The lowest BCUT2D eigenvalue weighted by Crippen LogP contribution is -2.79. The maximum Gasteiger partial charge on any atom is 0.0866 e. The lowest BCUT2D eigenvalue weighted by molar-refractivity contribution is -0.626. The van der Waals surface area contributed by atoms with Gasteiger partial charge >= 0.3 is 0 Å². The Kier molecular flexibility index (Phi) is 60.2. The summed E-state index contributed by atoms with van der Waals surface area (Å²) in [4.78, 5) is 0. The molecule has 0 saturated carbocycles. The van der Waals surface area contributed by atoms with Gasteiger partial charge in [0.2, 0.25) is 0 Å². The van der Waals surface area contributed by atoms with E-state index in [1.165, 1.54) is 19.9 Å². The summed E-state index contributed by atoms with van der Waals surface area (Å²) in [6, 6.07) is 0. The zero-order valence-electron chi connectivity index (χ0n) is 8.08. The number of hydrogen-bond acceptors (Lipinski definition) is 0. The van der Waals surface area contributed by atoms with E-state index >= 15 is 0 Å². The van der Waals surface area contributed by atoms with Gasteiger partial charge in [0.05, 0.1) is 20.3 Å². The van der Waals surface area contributed by atoms with Crippen molar-refractivity contribution in [3.05, 3.63) is 0 Å². The number of quaternary nitrogens is 1. The van der Waals surface area contributed by atoms with Gasteiger partial charge in [-0.25, -0.2) is 0 Å². The molecular weight excluding hydrogens is 129 g/mol. The molecule has 0 bridgehead atoms. The zero-order valence-corrected chi connectivity index (χ0v) is 8.08. The van der Waals surface area contributed by atoms with Gasteiger partial charge in [0.25, 0.3) is 0 Å². The molecule has 0 aromatic heterocycles. The second kappa shape index (κ2) is 36.6. The van der Waals surface area contributed by atoms with Crippen molar-refractivity contribution >= 4 is 0 Å².